The quantitative estimate of drug-likeness (QED) is 0.119. The molecule has 0 radical (unpaired) electrons. The van der Waals surface area contributed by atoms with Crippen LogP contribution < -0.4 is 9.80 Å². The Bertz CT molecular complexity index is 2110. The van der Waals surface area contributed by atoms with Crippen LogP contribution >= 0.6 is 46.4 Å². The number of hydrogen-bond acceptors (Lipinski definition) is 10. The molecule has 0 bridgehead atoms. The number of fused-ring (bicyclic) bond motifs is 5. The molecule has 0 spiro atoms. The number of nitrogens with zero attached hydrogens (tertiary/aromatic N) is 6. The number of nitro benzene ring substituents is 2. The summed E-state index contributed by atoms with van der Waals surface area (Å²) in [6, 6.07) is 14.3. The summed E-state index contributed by atoms with van der Waals surface area (Å²) in [7, 11) is 0. The van der Waals surface area contributed by atoms with E-state index in [1.165, 1.54) is 94.9 Å². The molecule has 18 heteroatoms. The van der Waals surface area contributed by atoms with Crippen molar-refractivity contribution in [1.82, 2.24) is 10.0 Å². The van der Waals surface area contributed by atoms with Crippen LogP contribution in [0.25, 0.3) is 0 Å². The van der Waals surface area contributed by atoms with E-state index >= 15 is 0 Å². The molecule has 6 unspecified atom stereocenters. The number of halogens is 4. The summed E-state index contributed by atoms with van der Waals surface area (Å²) in [4.78, 5) is 83.0. The topological polar surface area (TPSA) is 168 Å². The number of benzene rings is 4. The van der Waals surface area contributed by atoms with Gasteiger partial charge in [0.25, 0.3) is 23.2 Å². The predicted octanol–water partition coefficient (Wildman–Crippen LogP) is 6.56. The van der Waals surface area contributed by atoms with Crippen LogP contribution in [0.15, 0.2) is 84.9 Å². The van der Waals surface area contributed by atoms with Gasteiger partial charge in [-0.25, -0.2) is 19.8 Å². The Balaban J connectivity index is 1.39. The van der Waals surface area contributed by atoms with Gasteiger partial charge in [-0.3, -0.25) is 39.4 Å². The largest absolute Gasteiger partial charge is 0.274 e. The van der Waals surface area contributed by atoms with Gasteiger partial charge >= 0.3 is 0 Å². The van der Waals surface area contributed by atoms with Crippen LogP contribution in [-0.2, 0) is 19.2 Å². The van der Waals surface area contributed by atoms with E-state index in [0.717, 1.165) is 9.80 Å². The van der Waals surface area contributed by atoms with Gasteiger partial charge in [0, 0.05) is 24.3 Å². The maximum Gasteiger partial charge on any atom is 0.269 e. The number of anilines is 2. The van der Waals surface area contributed by atoms with Crippen molar-refractivity contribution in [2.45, 2.75) is 24.2 Å². The van der Waals surface area contributed by atoms with Gasteiger partial charge in [0.15, 0.2) is 0 Å². The van der Waals surface area contributed by atoms with Crippen LogP contribution in [0.4, 0.5) is 22.7 Å². The van der Waals surface area contributed by atoms with Crippen LogP contribution in [0.2, 0.25) is 20.1 Å². The molecule has 0 aliphatic carbocycles. The van der Waals surface area contributed by atoms with Crippen LogP contribution in [-0.4, -0.2) is 55.6 Å². The van der Waals surface area contributed by atoms with Crippen molar-refractivity contribution in [3.63, 3.8) is 0 Å². The van der Waals surface area contributed by atoms with Gasteiger partial charge in [-0.15, -0.1) is 0 Å². The average Bonchev–Trinajstić information content (AvgIpc) is 3.77. The van der Waals surface area contributed by atoms with Gasteiger partial charge in [-0.05, 0) is 35.4 Å². The molecule has 262 valence electrons. The molecule has 0 saturated carbocycles. The number of amides is 4. The molecular weight excluding hydrogens is 762 g/mol. The van der Waals surface area contributed by atoms with Gasteiger partial charge in [0.1, 0.15) is 12.1 Å². The first-order valence-electron chi connectivity index (χ1n) is 15.5. The molecule has 14 nitrogen and oxygen atoms in total. The fourth-order valence-electron chi connectivity index (χ4n) is 7.99. The summed E-state index contributed by atoms with van der Waals surface area (Å²) in [6.07, 6.45) is 0. The summed E-state index contributed by atoms with van der Waals surface area (Å²) in [5, 5.41) is 26.7. The number of imide groups is 2. The average molecular weight is 782 g/mol. The number of para-hydroxylation sites is 2. The first kappa shape index (κ1) is 34.1. The highest BCUT2D eigenvalue weighted by molar-refractivity contribution is 6.43. The van der Waals surface area contributed by atoms with Crippen molar-refractivity contribution in [3.05, 3.63) is 136 Å². The third-order valence-electron chi connectivity index (χ3n) is 9.89. The van der Waals surface area contributed by atoms with Gasteiger partial charge in [0.05, 0.1) is 65.2 Å². The summed E-state index contributed by atoms with van der Waals surface area (Å²) in [5.74, 6) is -5.80. The van der Waals surface area contributed by atoms with Crippen LogP contribution in [0.5, 0.6) is 0 Å². The van der Waals surface area contributed by atoms with Crippen molar-refractivity contribution >= 4 is 92.8 Å². The highest BCUT2D eigenvalue weighted by atomic mass is 35.5. The SMILES string of the molecule is O=C1C2C(C(=O)N1c1c(Cl)cccc1Cl)N1C(c3cccc([N+](=O)[O-])c3)C3C(=O)N(c4c(Cl)cccc4Cl)C(=O)C3N1C2c1cccc([N+](=O)[O-])c1. The normalized spacial score (nSPS) is 25.5. The third kappa shape index (κ3) is 4.79. The summed E-state index contributed by atoms with van der Waals surface area (Å²) in [5.41, 5.74) is -0.463. The molecule has 4 heterocycles. The molecule has 52 heavy (non-hydrogen) atoms. The Labute approximate surface area is 312 Å². The first-order chi connectivity index (χ1) is 24.8. The summed E-state index contributed by atoms with van der Waals surface area (Å²) < 4.78 is 0. The molecule has 6 atom stereocenters. The molecule has 8 rings (SSSR count). The lowest BCUT2D eigenvalue weighted by Gasteiger charge is -2.36. The second-order valence-electron chi connectivity index (χ2n) is 12.5. The molecule has 4 aromatic rings. The lowest BCUT2D eigenvalue weighted by atomic mass is 9.84. The first-order valence-corrected chi connectivity index (χ1v) is 17.0. The van der Waals surface area contributed by atoms with E-state index < -0.39 is 69.5 Å². The van der Waals surface area contributed by atoms with Crippen molar-refractivity contribution in [2.24, 2.45) is 11.8 Å². The minimum atomic E-state index is -1.42. The molecular formula is C34H20Cl4N6O8. The zero-order valence-corrected chi connectivity index (χ0v) is 29.0. The predicted molar refractivity (Wildman–Crippen MR) is 188 cm³/mol. The van der Waals surface area contributed by atoms with Crippen molar-refractivity contribution < 1.29 is 29.0 Å². The molecule has 4 fully saturated rings. The van der Waals surface area contributed by atoms with E-state index in [-0.39, 0.29) is 54.0 Å². The molecule has 0 N–H and O–H groups in total. The number of hydrazine groups is 1. The van der Waals surface area contributed by atoms with E-state index in [1.54, 1.807) is 0 Å². The second kappa shape index (κ2) is 12.3. The number of carbonyl (C=O) groups is 4. The van der Waals surface area contributed by atoms with Crippen LogP contribution in [0.3, 0.4) is 0 Å². The fraction of sp³-hybridized carbons (Fsp3) is 0.176. The Hall–Kier alpha value is -4.96. The molecule has 4 aliphatic heterocycles. The van der Waals surface area contributed by atoms with Gasteiger partial charge in [-0.1, -0.05) is 82.8 Å². The zero-order valence-electron chi connectivity index (χ0n) is 26.0. The van der Waals surface area contributed by atoms with Crippen molar-refractivity contribution in [1.29, 1.82) is 0 Å². The Kier molecular flexibility index (Phi) is 8.09. The lowest BCUT2D eigenvalue weighted by Crippen LogP contribution is -2.50. The molecule has 4 saturated heterocycles. The Morgan fingerprint density at radius 3 is 1.13 bits per heavy atom. The van der Waals surface area contributed by atoms with Gasteiger partial charge in [-0.2, -0.15) is 0 Å². The number of nitro groups is 2. The third-order valence-corrected chi connectivity index (χ3v) is 11.1. The van der Waals surface area contributed by atoms with Gasteiger partial charge in [0.2, 0.25) is 11.8 Å². The highest BCUT2D eigenvalue weighted by Crippen LogP contribution is 2.61. The maximum atomic E-state index is 14.7. The number of non-ortho nitro benzene ring substituents is 2. The Morgan fingerprint density at radius 1 is 0.481 bits per heavy atom. The Morgan fingerprint density at radius 2 is 0.808 bits per heavy atom. The van der Waals surface area contributed by atoms with E-state index in [4.69, 9.17) is 46.4 Å². The van der Waals surface area contributed by atoms with Crippen LogP contribution in [0.1, 0.15) is 23.2 Å². The summed E-state index contributed by atoms with van der Waals surface area (Å²) in [6.45, 7) is 0. The zero-order chi connectivity index (χ0) is 36.9. The van der Waals surface area contributed by atoms with E-state index in [9.17, 15) is 39.4 Å². The fourth-order valence-corrected chi connectivity index (χ4v) is 9.12. The molecule has 4 amide bonds. The van der Waals surface area contributed by atoms with E-state index in [0.29, 0.717) is 0 Å². The maximum absolute atomic E-state index is 14.7. The van der Waals surface area contributed by atoms with E-state index in [2.05, 4.69) is 0 Å². The number of carbonyl (C=O) groups excluding carboxylic acids is 4. The van der Waals surface area contributed by atoms with E-state index in [1.807, 2.05) is 0 Å². The highest BCUT2D eigenvalue weighted by Gasteiger charge is 2.74. The minimum Gasteiger partial charge on any atom is -0.274 e. The number of rotatable bonds is 6. The van der Waals surface area contributed by atoms with Crippen molar-refractivity contribution in [2.75, 3.05) is 9.80 Å². The minimum absolute atomic E-state index is 0.0101. The standard InChI is InChI=1S/C34H20Cl4N6O8/c35-19-9-3-10-20(36)27(19)39-31(45)23-25(15-5-1-7-17(13-15)43(49)50)41-30-24(32(46)40(34(30)48)28-21(37)11-4-12-22(28)38)26(42(41)29(23)33(39)47)16-6-2-8-18(14-16)44(51)52/h1-14,23-26,29-30H. The molecule has 4 aliphatic rings. The monoisotopic (exact) mass is 780 g/mol. The number of hydrogen-bond donors (Lipinski definition) is 0. The second-order valence-corrected chi connectivity index (χ2v) is 14.1. The van der Waals surface area contributed by atoms with Gasteiger partial charge < -0.3 is 0 Å². The van der Waals surface area contributed by atoms with Crippen LogP contribution in [0, 0.1) is 32.1 Å². The van der Waals surface area contributed by atoms with Crippen molar-refractivity contribution in [3.8, 4) is 0 Å². The molecule has 0 aromatic heterocycles. The molecule has 4 aromatic carbocycles. The smallest absolute Gasteiger partial charge is 0.269 e. The summed E-state index contributed by atoms with van der Waals surface area (Å²) >= 11 is 26.0. The lowest BCUT2D eigenvalue weighted by molar-refractivity contribution is -0.385.